The molecular weight excluding hydrogens is 326 g/mol. The van der Waals surface area contributed by atoms with Gasteiger partial charge in [0.15, 0.2) is 6.61 Å². The quantitative estimate of drug-likeness (QED) is 0.851. The van der Waals surface area contributed by atoms with Crippen LogP contribution in [0.15, 0.2) is 24.3 Å². The van der Waals surface area contributed by atoms with Gasteiger partial charge in [-0.05, 0) is 38.8 Å². The minimum atomic E-state index is -0.0163. The monoisotopic (exact) mass is 347 g/mol. The number of rotatable bonds is 4. The van der Waals surface area contributed by atoms with Crippen molar-refractivity contribution in [3.63, 3.8) is 0 Å². The van der Waals surface area contributed by atoms with Crippen LogP contribution in [0.3, 0.4) is 0 Å². The van der Waals surface area contributed by atoms with Crippen molar-refractivity contribution in [2.45, 2.75) is 32.7 Å². The Bertz CT molecular complexity index is 739. The fourth-order valence-corrected chi connectivity index (χ4v) is 3.55. The van der Waals surface area contributed by atoms with Gasteiger partial charge in [-0.2, -0.15) is 5.10 Å². The average Bonchev–Trinajstić information content (AvgIpc) is 3.11. The van der Waals surface area contributed by atoms with Crippen LogP contribution in [0.1, 0.15) is 35.7 Å². The van der Waals surface area contributed by atoms with Crippen molar-refractivity contribution in [1.29, 1.82) is 0 Å². The van der Waals surface area contributed by atoms with Gasteiger partial charge in [0, 0.05) is 19.2 Å². The molecule has 0 radical (unpaired) electrons. The Hall–Kier alpha value is -2.01. The number of likely N-dealkylation sites (tertiary alicyclic amines) is 1. The highest BCUT2D eigenvalue weighted by molar-refractivity contribution is 6.30. The highest BCUT2D eigenvalue weighted by Gasteiger charge is 2.34. The smallest absolute Gasteiger partial charge is 0.261 e. The van der Waals surface area contributed by atoms with Crippen molar-refractivity contribution in [3.8, 4) is 5.75 Å². The second-order valence-electron chi connectivity index (χ2n) is 6.26. The lowest BCUT2D eigenvalue weighted by Gasteiger charge is -2.25. The molecule has 2 aromatic rings. The minimum absolute atomic E-state index is 0.0136. The minimum Gasteiger partial charge on any atom is -0.484 e. The molecule has 1 atom stereocenters. The Balaban J connectivity index is 1.70. The number of nitrogens with zero attached hydrogens (tertiary/aromatic N) is 3. The molecular formula is C18H22ClN3O2. The second kappa shape index (κ2) is 6.85. The van der Waals surface area contributed by atoms with Gasteiger partial charge in [-0.3, -0.25) is 9.48 Å². The topological polar surface area (TPSA) is 47.4 Å². The van der Waals surface area contributed by atoms with Gasteiger partial charge in [0.1, 0.15) is 10.9 Å². The summed E-state index contributed by atoms with van der Waals surface area (Å²) in [7, 11) is 1.82. The number of carbonyl (C=O) groups excluding carboxylic acids is 1. The third-order valence-electron chi connectivity index (χ3n) is 4.49. The molecule has 0 saturated carbocycles. The van der Waals surface area contributed by atoms with E-state index in [1.165, 1.54) is 0 Å². The van der Waals surface area contributed by atoms with E-state index in [2.05, 4.69) is 5.10 Å². The van der Waals surface area contributed by atoms with E-state index in [1.807, 2.05) is 50.1 Å². The van der Waals surface area contributed by atoms with E-state index in [4.69, 9.17) is 16.3 Å². The van der Waals surface area contributed by atoms with E-state index in [0.29, 0.717) is 10.9 Å². The van der Waals surface area contributed by atoms with Gasteiger partial charge in [-0.1, -0.05) is 29.3 Å². The summed E-state index contributed by atoms with van der Waals surface area (Å²) >= 11 is 6.38. The first-order valence-electron chi connectivity index (χ1n) is 8.15. The summed E-state index contributed by atoms with van der Waals surface area (Å²) in [6.07, 6.45) is 1.87. The molecule has 24 heavy (non-hydrogen) atoms. The van der Waals surface area contributed by atoms with Crippen LogP contribution >= 0.6 is 11.6 Å². The predicted molar refractivity (Wildman–Crippen MR) is 93.3 cm³/mol. The summed E-state index contributed by atoms with van der Waals surface area (Å²) in [4.78, 5) is 14.5. The van der Waals surface area contributed by atoms with E-state index >= 15 is 0 Å². The van der Waals surface area contributed by atoms with Crippen molar-refractivity contribution in [3.05, 3.63) is 46.2 Å². The summed E-state index contributed by atoms with van der Waals surface area (Å²) in [5, 5.41) is 4.97. The van der Waals surface area contributed by atoms with Gasteiger partial charge >= 0.3 is 0 Å². The molecule has 0 spiro atoms. The third-order valence-corrected chi connectivity index (χ3v) is 4.93. The summed E-state index contributed by atoms with van der Waals surface area (Å²) in [6.45, 7) is 4.72. The first kappa shape index (κ1) is 16.8. The number of hydrogen-bond donors (Lipinski definition) is 0. The fourth-order valence-electron chi connectivity index (χ4n) is 3.25. The van der Waals surface area contributed by atoms with Crippen LogP contribution < -0.4 is 4.74 Å². The van der Waals surface area contributed by atoms with Gasteiger partial charge in [-0.25, -0.2) is 0 Å². The molecule has 1 aliphatic heterocycles. The van der Waals surface area contributed by atoms with Gasteiger partial charge in [0.2, 0.25) is 0 Å². The summed E-state index contributed by atoms with van der Waals surface area (Å²) in [5.41, 5.74) is 3.00. The maximum absolute atomic E-state index is 12.6. The lowest BCUT2D eigenvalue weighted by Crippen LogP contribution is -2.34. The summed E-state index contributed by atoms with van der Waals surface area (Å²) in [6, 6.07) is 7.69. The Kier molecular flexibility index (Phi) is 4.81. The molecule has 1 aliphatic rings. The van der Waals surface area contributed by atoms with Gasteiger partial charge in [-0.15, -0.1) is 0 Å². The Morgan fingerprint density at radius 2 is 2.04 bits per heavy atom. The van der Waals surface area contributed by atoms with Crippen molar-refractivity contribution in [1.82, 2.24) is 14.7 Å². The van der Waals surface area contributed by atoms with Crippen molar-refractivity contribution >= 4 is 17.5 Å². The second-order valence-corrected chi connectivity index (χ2v) is 6.62. The number of benzene rings is 1. The molecule has 2 heterocycles. The van der Waals surface area contributed by atoms with Crippen LogP contribution in [0.5, 0.6) is 5.75 Å². The van der Waals surface area contributed by atoms with Crippen LogP contribution in [0.4, 0.5) is 0 Å². The molecule has 3 rings (SSSR count). The molecule has 1 saturated heterocycles. The number of ether oxygens (including phenoxy) is 1. The average molecular weight is 348 g/mol. The number of carbonyl (C=O) groups is 1. The Labute approximate surface area is 147 Å². The molecule has 1 aromatic heterocycles. The van der Waals surface area contributed by atoms with Crippen LogP contribution in [0.2, 0.25) is 5.15 Å². The molecule has 1 fully saturated rings. The first-order valence-corrected chi connectivity index (χ1v) is 8.53. The highest BCUT2D eigenvalue weighted by Crippen LogP contribution is 2.37. The predicted octanol–water partition coefficient (Wildman–Crippen LogP) is 3.43. The van der Waals surface area contributed by atoms with E-state index in [1.54, 1.807) is 4.68 Å². The van der Waals surface area contributed by atoms with Gasteiger partial charge < -0.3 is 9.64 Å². The van der Waals surface area contributed by atoms with Crippen molar-refractivity contribution < 1.29 is 9.53 Å². The molecule has 1 aromatic carbocycles. The normalized spacial score (nSPS) is 17.3. The molecule has 0 N–H and O–H groups in total. The maximum Gasteiger partial charge on any atom is 0.261 e. The number of halogens is 1. The summed E-state index contributed by atoms with van der Waals surface area (Å²) < 4.78 is 7.30. The summed E-state index contributed by atoms with van der Waals surface area (Å²) in [5.74, 6) is 0.692. The van der Waals surface area contributed by atoms with Crippen LogP contribution in [0.25, 0.3) is 0 Å². The largest absolute Gasteiger partial charge is 0.484 e. The Morgan fingerprint density at radius 3 is 2.67 bits per heavy atom. The molecule has 1 amide bonds. The lowest BCUT2D eigenvalue weighted by atomic mass is 10.1. The van der Waals surface area contributed by atoms with Crippen LogP contribution in [-0.2, 0) is 11.8 Å². The molecule has 1 unspecified atom stereocenters. The standard InChI is InChI=1S/C18H22ClN3O2/c1-12-6-8-14(9-7-12)24-11-16(23)22-10-4-5-15(22)17-13(2)20-21(3)18(17)19/h6-9,15H,4-5,10-11H2,1-3H3. The van der Waals surface area contributed by atoms with E-state index in [9.17, 15) is 4.79 Å². The molecule has 128 valence electrons. The third kappa shape index (κ3) is 3.26. The maximum atomic E-state index is 12.6. The zero-order chi connectivity index (χ0) is 17.3. The van der Waals surface area contributed by atoms with E-state index < -0.39 is 0 Å². The molecule has 0 bridgehead atoms. The Morgan fingerprint density at radius 1 is 1.33 bits per heavy atom. The van der Waals surface area contributed by atoms with E-state index in [-0.39, 0.29) is 18.6 Å². The molecule has 6 heteroatoms. The van der Waals surface area contributed by atoms with Gasteiger partial charge in [0.05, 0.1) is 11.7 Å². The zero-order valence-corrected chi connectivity index (χ0v) is 15.0. The number of aromatic nitrogens is 2. The first-order chi connectivity index (χ1) is 11.5. The van der Waals surface area contributed by atoms with Crippen molar-refractivity contribution in [2.24, 2.45) is 7.05 Å². The fraction of sp³-hybridized carbons (Fsp3) is 0.444. The van der Waals surface area contributed by atoms with Crippen molar-refractivity contribution in [2.75, 3.05) is 13.2 Å². The molecule has 5 nitrogen and oxygen atoms in total. The van der Waals surface area contributed by atoms with Crippen LogP contribution in [-0.4, -0.2) is 33.7 Å². The highest BCUT2D eigenvalue weighted by atomic mass is 35.5. The van der Waals surface area contributed by atoms with E-state index in [0.717, 1.165) is 36.2 Å². The zero-order valence-electron chi connectivity index (χ0n) is 14.3. The van der Waals surface area contributed by atoms with Crippen LogP contribution in [0, 0.1) is 13.8 Å². The SMILES string of the molecule is Cc1ccc(OCC(=O)N2CCCC2c2c(C)nn(C)c2Cl)cc1. The van der Waals surface area contributed by atoms with Gasteiger partial charge in [0.25, 0.3) is 5.91 Å². The number of amides is 1. The molecule has 0 aliphatic carbocycles. The number of aryl methyl sites for hydroxylation is 3. The number of hydrogen-bond acceptors (Lipinski definition) is 3. The lowest BCUT2D eigenvalue weighted by molar-refractivity contribution is -0.134.